The number of rotatable bonds is 2. The van der Waals surface area contributed by atoms with Gasteiger partial charge in [-0.1, -0.05) is 52.0 Å². The van der Waals surface area contributed by atoms with Crippen LogP contribution in [0.25, 0.3) is 0 Å². The van der Waals surface area contributed by atoms with Crippen LogP contribution in [-0.4, -0.2) is 51.0 Å². The second-order valence-corrected chi connectivity index (χ2v) is 8.65. The largest absolute Gasteiger partial charge is 0.354 e. The Bertz CT molecular complexity index is 1030. The number of aromatic nitrogens is 4. The lowest BCUT2D eigenvalue weighted by Gasteiger charge is -2.30. The highest BCUT2D eigenvalue weighted by Gasteiger charge is 2.35. The molecular weight excluding hydrogens is 458 g/mol. The van der Waals surface area contributed by atoms with E-state index < -0.39 is 0 Å². The fourth-order valence-electron chi connectivity index (χ4n) is 4.85. The van der Waals surface area contributed by atoms with E-state index in [1.54, 1.807) is 12.4 Å². The normalized spacial score (nSPS) is 18.2. The summed E-state index contributed by atoms with van der Waals surface area (Å²) in [6.45, 7) is 15.7. The molecule has 2 N–H and O–H groups in total. The molecule has 6 rings (SSSR count). The second-order valence-electron chi connectivity index (χ2n) is 8.31. The van der Waals surface area contributed by atoms with Crippen molar-refractivity contribution in [3.8, 4) is 0 Å². The SMILES string of the molecule is CC.CC.Cc1ncc[nH]1.Clc1nc2c(c(N3CCNCC3)n1)CN(C1CCc3ccccc31)C2. The van der Waals surface area contributed by atoms with Crippen molar-refractivity contribution >= 4 is 17.4 Å². The second kappa shape index (κ2) is 13.6. The summed E-state index contributed by atoms with van der Waals surface area (Å²) in [5, 5.41) is 3.78. The number of halogens is 1. The molecule has 7 nitrogen and oxygen atoms in total. The molecule has 35 heavy (non-hydrogen) atoms. The summed E-state index contributed by atoms with van der Waals surface area (Å²) >= 11 is 6.25. The molecule has 2 aliphatic heterocycles. The minimum atomic E-state index is 0.376. The topological polar surface area (TPSA) is 73.0 Å². The number of fused-ring (bicyclic) bond motifs is 2. The maximum Gasteiger partial charge on any atom is 0.224 e. The number of imidazole rings is 1. The van der Waals surface area contributed by atoms with E-state index in [-0.39, 0.29) is 0 Å². The van der Waals surface area contributed by atoms with Crippen LogP contribution in [0, 0.1) is 6.92 Å². The van der Waals surface area contributed by atoms with Gasteiger partial charge in [0.2, 0.25) is 5.28 Å². The van der Waals surface area contributed by atoms with Crippen LogP contribution in [-0.2, 0) is 19.5 Å². The number of nitrogens with zero attached hydrogens (tertiary/aromatic N) is 5. The van der Waals surface area contributed by atoms with Crippen molar-refractivity contribution in [2.75, 3.05) is 31.1 Å². The van der Waals surface area contributed by atoms with E-state index in [0.29, 0.717) is 11.3 Å². The lowest BCUT2D eigenvalue weighted by molar-refractivity contribution is 0.199. The van der Waals surface area contributed by atoms with Gasteiger partial charge < -0.3 is 15.2 Å². The van der Waals surface area contributed by atoms with Gasteiger partial charge in [0, 0.05) is 63.3 Å². The Morgan fingerprint density at radius 1 is 1.00 bits per heavy atom. The standard InChI is InChI=1S/C19H22ClN5.C4H6N2.2C2H6/c20-19-22-16-12-25(17-6-5-13-3-1-2-4-14(13)17)11-15(16)18(23-19)24-9-7-21-8-10-24;1-4-5-2-3-6-4;2*1-2/h1-4,17,21H,5-12H2;2-3H,1H3,(H,5,6);2*1-2H3. The Morgan fingerprint density at radius 2 is 1.74 bits per heavy atom. The smallest absolute Gasteiger partial charge is 0.224 e. The molecule has 0 bridgehead atoms. The molecule has 0 radical (unpaired) electrons. The molecule has 0 spiro atoms. The van der Waals surface area contributed by atoms with Crippen molar-refractivity contribution in [1.29, 1.82) is 0 Å². The number of nitrogens with one attached hydrogen (secondary N) is 2. The van der Waals surface area contributed by atoms with Gasteiger partial charge in [-0.2, -0.15) is 0 Å². The monoisotopic (exact) mass is 497 g/mol. The molecule has 0 amide bonds. The van der Waals surface area contributed by atoms with Crippen LogP contribution in [0.5, 0.6) is 0 Å². The molecule has 1 aromatic carbocycles. The number of aromatic amines is 1. The first-order valence-corrected chi connectivity index (χ1v) is 13.4. The quantitative estimate of drug-likeness (QED) is 0.467. The van der Waals surface area contributed by atoms with Crippen molar-refractivity contribution < 1.29 is 0 Å². The zero-order valence-corrected chi connectivity index (χ0v) is 22.6. The first-order chi connectivity index (χ1) is 17.2. The molecule has 1 saturated heterocycles. The zero-order valence-electron chi connectivity index (χ0n) is 21.8. The van der Waals surface area contributed by atoms with Gasteiger partial charge >= 0.3 is 0 Å². The van der Waals surface area contributed by atoms with E-state index in [9.17, 15) is 0 Å². The number of aryl methyl sites for hydroxylation is 2. The molecular formula is C27H40ClN7. The predicted octanol–water partition coefficient (Wildman–Crippen LogP) is 5.31. The first kappa shape index (κ1) is 27.1. The highest BCUT2D eigenvalue weighted by molar-refractivity contribution is 6.28. The fraction of sp³-hybridized carbons (Fsp3) is 0.519. The van der Waals surface area contributed by atoms with Crippen LogP contribution in [0.4, 0.5) is 5.82 Å². The first-order valence-electron chi connectivity index (χ1n) is 13.0. The average molecular weight is 498 g/mol. The van der Waals surface area contributed by atoms with Gasteiger partial charge in [-0.3, -0.25) is 4.90 Å². The van der Waals surface area contributed by atoms with E-state index in [1.807, 2.05) is 34.6 Å². The van der Waals surface area contributed by atoms with Gasteiger partial charge in [-0.15, -0.1) is 0 Å². The highest BCUT2D eigenvalue weighted by Crippen LogP contribution is 2.41. The third-order valence-electron chi connectivity index (χ3n) is 6.35. The van der Waals surface area contributed by atoms with E-state index >= 15 is 0 Å². The van der Waals surface area contributed by atoms with Gasteiger partial charge in [0.05, 0.1) is 5.69 Å². The van der Waals surface area contributed by atoms with Crippen molar-refractivity contribution in [2.24, 2.45) is 0 Å². The molecule has 1 atom stereocenters. The Labute approximate surface area is 215 Å². The fourth-order valence-corrected chi connectivity index (χ4v) is 5.03. The summed E-state index contributed by atoms with van der Waals surface area (Å²) < 4.78 is 0. The van der Waals surface area contributed by atoms with Crippen LogP contribution in [0.3, 0.4) is 0 Å². The molecule has 1 unspecified atom stereocenters. The van der Waals surface area contributed by atoms with Gasteiger partial charge in [0.15, 0.2) is 0 Å². The maximum atomic E-state index is 6.25. The van der Waals surface area contributed by atoms with Gasteiger partial charge in [-0.25, -0.2) is 15.0 Å². The Kier molecular flexibility index (Phi) is 10.5. The third-order valence-corrected chi connectivity index (χ3v) is 6.52. The van der Waals surface area contributed by atoms with Crippen molar-refractivity contribution in [3.63, 3.8) is 0 Å². The predicted molar refractivity (Wildman–Crippen MR) is 145 cm³/mol. The zero-order chi connectivity index (χ0) is 25.2. The average Bonchev–Trinajstić information content (AvgIpc) is 3.66. The van der Waals surface area contributed by atoms with Crippen molar-refractivity contribution in [2.45, 2.75) is 66.6 Å². The minimum Gasteiger partial charge on any atom is -0.354 e. The molecule has 190 valence electrons. The number of anilines is 1. The Balaban J connectivity index is 0.000000293. The lowest BCUT2D eigenvalue weighted by atomic mass is 10.1. The minimum absolute atomic E-state index is 0.376. The number of piperazine rings is 1. The van der Waals surface area contributed by atoms with Crippen LogP contribution >= 0.6 is 11.6 Å². The van der Waals surface area contributed by atoms with Gasteiger partial charge in [0.25, 0.3) is 0 Å². The molecule has 1 aliphatic carbocycles. The van der Waals surface area contributed by atoms with Gasteiger partial charge in [0.1, 0.15) is 11.6 Å². The van der Waals surface area contributed by atoms with Crippen LogP contribution in [0.2, 0.25) is 5.28 Å². The summed E-state index contributed by atoms with van der Waals surface area (Å²) in [6.07, 6.45) is 5.90. The molecule has 1 fully saturated rings. The van der Waals surface area contributed by atoms with E-state index in [4.69, 9.17) is 11.6 Å². The Hall–Kier alpha value is -2.48. The lowest BCUT2D eigenvalue weighted by Crippen LogP contribution is -2.44. The molecule has 4 heterocycles. The van der Waals surface area contributed by atoms with E-state index in [1.165, 1.54) is 29.5 Å². The molecule has 8 heteroatoms. The van der Waals surface area contributed by atoms with Crippen molar-refractivity contribution in [3.05, 3.63) is 70.2 Å². The van der Waals surface area contributed by atoms with Gasteiger partial charge in [-0.05, 0) is 42.5 Å². The summed E-state index contributed by atoms with van der Waals surface area (Å²) in [7, 11) is 0. The number of H-pyrrole nitrogens is 1. The van der Waals surface area contributed by atoms with Crippen molar-refractivity contribution in [1.82, 2.24) is 30.2 Å². The van der Waals surface area contributed by atoms with Crippen LogP contribution in [0.15, 0.2) is 36.7 Å². The number of benzene rings is 1. The molecule has 2 aromatic heterocycles. The van der Waals surface area contributed by atoms with E-state index in [2.05, 4.69) is 59.3 Å². The number of hydrogen-bond acceptors (Lipinski definition) is 6. The van der Waals surface area contributed by atoms with Crippen LogP contribution in [0.1, 0.15) is 68.4 Å². The van der Waals surface area contributed by atoms with E-state index in [0.717, 1.165) is 56.6 Å². The van der Waals surface area contributed by atoms with Crippen LogP contribution < -0.4 is 10.2 Å². The highest BCUT2D eigenvalue weighted by atomic mass is 35.5. The maximum absolute atomic E-state index is 6.25. The summed E-state index contributed by atoms with van der Waals surface area (Å²) in [4.78, 5) is 20.8. The molecule has 3 aliphatic rings. The molecule has 3 aromatic rings. The molecule has 0 saturated carbocycles. The summed E-state index contributed by atoms with van der Waals surface area (Å²) in [5.41, 5.74) is 5.36. The number of hydrogen-bond donors (Lipinski definition) is 2. The Morgan fingerprint density at radius 3 is 2.40 bits per heavy atom. The third kappa shape index (κ3) is 6.60. The summed E-state index contributed by atoms with van der Waals surface area (Å²) in [6, 6.07) is 9.34. The summed E-state index contributed by atoms with van der Waals surface area (Å²) in [5.74, 6) is 2.01.